The molecule has 1 heterocycles. The molecular formula is C18H21N3S. The van der Waals surface area contributed by atoms with Crippen molar-refractivity contribution in [2.24, 2.45) is 0 Å². The third-order valence-corrected chi connectivity index (χ3v) is 4.30. The van der Waals surface area contributed by atoms with Crippen LogP contribution in [0, 0.1) is 13.8 Å². The highest BCUT2D eigenvalue weighted by Crippen LogP contribution is 2.23. The van der Waals surface area contributed by atoms with E-state index in [-0.39, 0.29) is 0 Å². The molecule has 114 valence electrons. The molecule has 2 aromatic carbocycles. The molecule has 3 rings (SSSR count). The van der Waals surface area contributed by atoms with Crippen LogP contribution in [0.5, 0.6) is 0 Å². The van der Waals surface area contributed by atoms with Crippen LogP contribution in [0.2, 0.25) is 0 Å². The summed E-state index contributed by atoms with van der Waals surface area (Å²) in [4.78, 5) is 4.53. The Labute approximate surface area is 137 Å². The molecular weight excluding hydrogens is 290 g/mol. The van der Waals surface area contributed by atoms with Gasteiger partial charge < -0.3 is 10.2 Å². The lowest BCUT2D eigenvalue weighted by molar-refractivity contribution is 0.252. The van der Waals surface area contributed by atoms with Gasteiger partial charge in [-0.3, -0.25) is 4.90 Å². The number of hydrogen-bond acceptors (Lipinski definition) is 2. The number of aryl methyl sites for hydroxylation is 2. The average Bonchev–Trinajstić information content (AvgIpc) is 2.51. The molecule has 3 nitrogen and oxygen atoms in total. The van der Waals surface area contributed by atoms with Crippen molar-refractivity contribution in [2.75, 3.05) is 18.2 Å². The summed E-state index contributed by atoms with van der Waals surface area (Å²) in [6.45, 7) is 6.77. The first-order chi connectivity index (χ1) is 10.6. The van der Waals surface area contributed by atoms with Crippen molar-refractivity contribution in [3.63, 3.8) is 0 Å². The molecule has 4 heteroatoms. The van der Waals surface area contributed by atoms with E-state index in [0.717, 1.165) is 25.0 Å². The summed E-state index contributed by atoms with van der Waals surface area (Å²) >= 11 is 5.51. The van der Waals surface area contributed by atoms with Crippen LogP contribution in [0.15, 0.2) is 48.5 Å². The lowest BCUT2D eigenvalue weighted by Crippen LogP contribution is -2.56. The number of anilines is 1. The second kappa shape index (κ2) is 6.46. The molecule has 22 heavy (non-hydrogen) atoms. The van der Waals surface area contributed by atoms with Gasteiger partial charge in [-0.2, -0.15) is 0 Å². The van der Waals surface area contributed by atoms with E-state index >= 15 is 0 Å². The molecule has 2 aromatic rings. The van der Waals surface area contributed by atoms with Crippen molar-refractivity contribution < 1.29 is 0 Å². The van der Waals surface area contributed by atoms with Gasteiger partial charge in [0.2, 0.25) is 0 Å². The highest BCUT2D eigenvalue weighted by molar-refractivity contribution is 7.80. The number of nitrogens with one attached hydrogen (secondary N) is 1. The van der Waals surface area contributed by atoms with Crippen molar-refractivity contribution in [2.45, 2.75) is 20.4 Å². The Kier molecular flexibility index (Phi) is 4.41. The van der Waals surface area contributed by atoms with Crippen molar-refractivity contribution in [3.8, 4) is 0 Å². The van der Waals surface area contributed by atoms with Crippen molar-refractivity contribution in [3.05, 3.63) is 65.2 Å². The van der Waals surface area contributed by atoms with Crippen LogP contribution in [-0.4, -0.2) is 23.3 Å². The zero-order valence-electron chi connectivity index (χ0n) is 13.0. The maximum atomic E-state index is 5.51. The summed E-state index contributed by atoms with van der Waals surface area (Å²) in [6.07, 6.45) is 0. The molecule has 0 saturated carbocycles. The Balaban J connectivity index is 1.77. The monoisotopic (exact) mass is 311 g/mol. The lowest BCUT2D eigenvalue weighted by atomic mass is 10.1. The highest BCUT2D eigenvalue weighted by Gasteiger charge is 2.22. The van der Waals surface area contributed by atoms with Gasteiger partial charge in [0.05, 0.1) is 13.3 Å². The number of rotatable bonds is 3. The molecule has 1 saturated heterocycles. The van der Waals surface area contributed by atoms with Crippen LogP contribution < -0.4 is 10.2 Å². The van der Waals surface area contributed by atoms with Crippen molar-refractivity contribution in [1.29, 1.82) is 0 Å². The lowest BCUT2D eigenvalue weighted by Gasteiger charge is -2.38. The third kappa shape index (κ3) is 3.29. The van der Waals surface area contributed by atoms with E-state index in [1.54, 1.807) is 0 Å². The fraction of sp³-hybridized carbons (Fsp3) is 0.278. The highest BCUT2D eigenvalue weighted by atomic mass is 32.1. The normalized spacial score (nSPS) is 15.7. The molecule has 0 aromatic heterocycles. The summed E-state index contributed by atoms with van der Waals surface area (Å²) in [5.41, 5.74) is 5.03. The third-order valence-electron chi connectivity index (χ3n) is 3.93. The molecule has 0 amide bonds. The minimum atomic E-state index is 0.787. The van der Waals surface area contributed by atoms with Crippen LogP contribution in [0.25, 0.3) is 0 Å². The maximum Gasteiger partial charge on any atom is 0.175 e. The van der Waals surface area contributed by atoms with E-state index in [1.807, 2.05) is 0 Å². The Bertz CT molecular complexity index is 669. The van der Waals surface area contributed by atoms with E-state index in [2.05, 4.69) is 77.5 Å². The molecule has 0 bridgehead atoms. The van der Waals surface area contributed by atoms with Gasteiger partial charge in [0.25, 0.3) is 0 Å². The Morgan fingerprint density at radius 3 is 2.59 bits per heavy atom. The van der Waals surface area contributed by atoms with Gasteiger partial charge in [-0.05, 0) is 43.3 Å². The predicted octanol–water partition coefficient (Wildman–Crippen LogP) is 3.42. The molecule has 0 aliphatic carbocycles. The maximum absolute atomic E-state index is 5.51. The van der Waals surface area contributed by atoms with Crippen LogP contribution >= 0.6 is 12.2 Å². The molecule has 0 spiro atoms. The summed E-state index contributed by atoms with van der Waals surface area (Å²) < 4.78 is 0. The van der Waals surface area contributed by atoms with Crippen molar-refractivity contribution >= 4 is 23.0 Å². The topological polar surface area (TPSA) is 18.5 Å². The number of thiocarbonyl (C=S) groups is 1. The molecule has 0 atom stereocenters. The first-order valence-corrected chi connectivity index (χ1v) is 7.93. The van der Waals surface area contributed by atoms with Crippen LogP contribution in [-0.2, 0) is 6.54 Å². The first kappa shape index (κ1) is 15.0. The van der Waals surface area contributed by atoms with E-state index in [9.17, 15) is 0 Å². The summed E-state index contributed by atoms with van der Waals surface area (Å²) in [5.74, 6) is 0. The van der Waals surface area contributed by atoms with E-state index in [4.69, 9.17) is 12.2 Å². The fourth-order valence-electron chi connectivity index (χ4n) is 2.83. The van der Waals surface area contributed by atoms with Gasteiger partial charge in [-0.15, -0.1) is 0 Å². The van der Waals surface area contributed by atoms with Gasteiger partial charge in [-0.1, -0.05) is 48.0 Å². The standard InChI is InChI=1S/C18H21N3S/c1-14-8-9-17(15(2)10-14)21-13-20(12-19-18(21)22)11-16-6-4-3-5-7-16/h3-10H,11-13H2,1-2H3,(H,19,22). The van der Waals surface area contributed by atoms with E-state index in [1.165, 1.54) is 22.4 Å². The van der Waals surface area contributed by atoms with E-state index in [0.29, 0.717) is 0 Å². The summed E-state index contributed by atoms with van der Waals surface area (Å²) in [6, 6.07) is 17.0. The fourth-order valence-corrected chi connectivity index (χ4v) is 3.05. The largest absolute Gasteiger partial charge is 0.349 e. The second-order valence-electron chi connectivity index (χ2n) is 5.81. The molecule has 1 aliphatic rings. The average molecular weight is 311 g/mol. The Morgan fingerprint density at radius 2 is 1.86 bits per heavy atom. The summed E-state index contributed by atoms with van der Waals surface area (Å²) in [5, 5.41) is 4.13. The Hall–Kier alpha value is -1.91. The van der Waals surface area contributed by atoms with Gasteiger partial charge in [0.15, 0.2) is 5.11 Å². The summed E-state index contributed by atoms with van der Waals surface area (Å²) in [7, 11) is 0. The number of nitrogens with zero attached hydrogens (tertiary/aromatic N) is 2. The molecule has 0 radical (unpaired) electrons. The molecule has 1 aliphatic heterocycles. The van der Waals surface area contributed by atoms with Crippen LogP contribution in [0.1, 0.15) is 16.7 Å². The second-order valence-corrected chi connectivity index (χ2v) is 6.20. The minimum Gasteiger partial charge on any atom is -0.349 e. The molecule has 0 unspecified atom stereocenters. The molecule has 1 N–H and O–H groups in total. The van der Waals surface area contributed by atoms with Crippen LogP contribution in [0.3, 0.4) is 0 Å². The van der Waals surface area contributed by atoms with Crippen molar-refractivity contribution in [1.82, 2.24) is 10.2 Å². The SMILES string of the molecule is Cc1ccc(N2CN(Cc3ccccc3)CNC2=S)c(C)c1. The molecule has 1 fully saturated rings. The minimum absolute atomic E-state index is 0.787. The van der Waals surface area contributed by atoms with Gasteiger partial charge in [-0.25, -0.2) is 0 Å². The number of benzene rings is 2. The quantitative estimate of drug-likeness (QED) is 0.875. The number of hydrogen-bond donors (Lipinski definition) is 1. The van der Waals surface area contributed by atoms with Gasteiger partial charge in [0.1, 0.15) is 0 Å². The van der Waals surface area contributed by atoms with Crippen LogP contribution in [0.4, 0.5) is 5.69 Å². The Morgan fingerprint density at radius 1 is 1.09 bits per heavy atom. The zero-order valence-corrected chi connectivity index (χ0v) is 13.9. The first-order valence-electron chi connectivity index (χ1n) is 7.52. The zero-order chi connectivity index (χ0) is 15.5. The van der Waals surface area contributed by atoms with E-state index < -0.39 is 0 Å². The smallest absolute Gasteiger partial charge is 0.175 e. The van der Waals surface area contributed by atoms with Gasteiger partial charge in [0, 0.05) is 12.2 Å². The van der Waals surface area contributed by atoms with Gasteiger partial charge >= 0.3 is 0 Å². The predicted molar refractivity (Wildman–Crippen MR) is 95.8 cm³/mol.